The Morgan fingerprint density at radius 3 is 2.65 bits per heavy atom. The van der Waals surface area contributed by atoms with E-state index in [0.717, 1.165) is 11.4 Å². The van der Waals surface area contributed by atoms with Gasteiger partial charge in [0.05, 0.1) is 19.6 Å². The van der Waals surface area contributed by atoms with E-state index in [4.69, 9.17) is 4.74 Å². The minimum atomic E-state index is -0.303. The molecule has 8 nitrogen and oxygen atoms in total. The fourth-order valence-electron chi connectivity index (χ4n) is 2.59. The van der Waals surface area contributed by atoms with Gasteiger partial charge < -0.3 is 9.64 Å². The molecule has 8 heteroatoms. The highest BCUT2D eigenvalue weighted by atomic mass is 16.6. The second-order valence-corrected chi connectivity index (χ2v) is 5.68. The maximum atomic E-state index is 12.4. The van der Waals surface area contributed by atoms with Crippen molar-refractivity contribution in [3.05, 3.63) is 34.7 Å². The summed E-state index contributed by atoms with van der Waals surface area (Å²) in [4.78, 5) is 23.1. The second-order valence-electron chi connectivity index (χ2n) is 5.68. The summed E-state index contributed by atoms with van der Waals surface area (Å²) in [5.74, 6) is 0.598. The smallest absolute Gasteiger partial charge is 0.228 e. The van der Waals surface area contributed by atoms with E-state index in [1.807, 2.05) is 19.9 Å². The fraction of sp³-hybridized carbons (Fsp3) is 0.533. The van der Waals surface area contributed by atoms with Gasteiger partial charge in [-0.05, 0) is 26.8 Å². The number of hydrogen-bond acceptors (Lipinski definition) is 7. The molecule has 0 unspecified atom stereocenters. The van der Waals surface area contributed by atoms with Crippen LogP contribution in [0.15, 0.2) is 10.7 Å². The molecule has 3 heterocycles. The van der Waals surface area contributed by atoms with Crippen LogP contribution in [0.3, 0.4) is 0 Å². The highest BCUT2D eigenvalue weighted by molar-refractivity contribution is 5.78. The van der Waals surface area contributed by atoms with Crippen LogP contribution in [0.1, 0.15) is 34.7 Å². The lowest BCUT2D eigenvalue weighted by Crippen LogP contribution is -2.43. The van der Waals surface area contributed by atoms with E-state index < -0.39 is 0 Å². The first-order chi connectivity index (χ1) is 11.0. The average Bonchev–Trinajstić information content (AvgIpc) is 2.91. The predicted molar refractivity (Wildman–Crippen MR) is 79.5 cm³/mol. The molecule has 3 rings (SSSR count). The first kappa shape index (κ1) is 15.5. The van der Waals surface area contributed by atoms with Crippen LogP contribution in [0.5, 0.6) is 0 Å². The summed E-state index contributed by atoms with van der Waals surface area (Å²) >= 11 is 0. The van der Waals surface area contributed by atoms with Gasteiger partial charge in [0, 0.05) is 17.9 Å². The van der Waals surface area contributed by atoms with Crippen LogP contribution in [0.4, 0.5) is 0 Å². The van der Waals surface area contributed by atoms with Crippen molar-refractivity contribution in [1.82, 2.24) is 25.2 Å². The molecular formula is C15H19N5O3. The van der Waals surface area contributed by atoms with E-state index in [9.17, 15) is 4.79 Å². The molecule has 2 aromatic rings. The van der Waals surface area contributed by atoms with Gasteiger partial charge in [-0.2, -0.15) is 0 Å². The van der Waals surface area contributed by atoms with E-state index in [-0.39, 0.29) is 18.4 Å². The maximum Gasteiger partial charge on any atom is 0.228 e. The first-order valence-corrected chi connectivity index (χ1v) is 7.52. The minimum absolute atomic E-state index is 0.0264. The summed E-state index contributed by atoms with van der Waals surface area (Å²) in [5, 5.41) is 7.46. The number of nitrogens with zero attached hydrogens (tertiary/aromatic N) is 5. The van der Waals surface area contributed by atoms with Gasteiger partial charge in [0.25, 0.3) is 0 Å². The van der Waals surface area contributed by atoms with Crippen molar-refractivity contribution in [1.29, 1.82) is 0 Å². The molecule has 0 bridgehead atoms. The van der Waals surface area contributed by atoms with Crippen molar-refractivity contribution >= 4 is 5.91 Å². The zero-order valence-electron chi connectivity index (χ0n) is 13.4. The normalized spacial score (nSPS) is 18.2. The zero-order chi connectivity index (χ0) is 16.4. The summed E-state index contributed by atoms with van der Waals surface area (Å²) < 4.78 is 10.4. The SMILES string of the molecule is Cc1cc(C)nc([C@@H]2CN(C(=O)Cc3nonc3C)CCO2)n1. The lowest BCUT2D eigenvalue weighted by atomic mass is 10.2. The van der Waals surface area contributed by atoms with Gasteiger partial charge in [-0.25, -0.2) is 14.6 Å². The Morgan fingerprint density at radius 1 is 1.26 bits per heavy atom. The highest BCUT2D eigenvalue weighted by Crippen LogP contribution is 2.20. The van der Waals surface area contributed by atoms with Gasteiger partial charge in [-0.3, -0.25) is 4.79 Å². The number of aryl methyl sites for hydroxylation is 3. The average molecular weight is 317 g/mol. The molecule has 1 saturated heterocycles. The Balaban J connectivity index is 1.70. The molecule has 0 radical (unpaired) electrons. The Kier molecular flexibility index (Phi) is 4.33. The molecule has 1 aliphatic heterocycles. The Bertz CT molecular complexity index is 695. The van der Waals surface area contributed by atoms with Crippen molar-refractivity contribution in [2.24, 2.45) is 0 Å². The largest absolute Gasteiger partial charge is 0.367 e. The molecule has 0 aliphatic carbocycles. The van der Waals surface area contributed by atoms with E-state index in [0.29, 0.717) is 36.9 Å². The number of morpholine rings is 1. The molecule has 122 valence electrons. The van der Waals surface area contributed by atoms with E-state index >= 15 is 0 Å². The highest BCUT2D eigenvalue weighted by Gasteiger charge is 2.28. The Labute approximate surface area is 133 Å². The van der Waals surface area contributed by atoms with Gasteiger partial charge in [-0.1, -0.05) is 10.3 Å². The third-order valence-electron chi connectivity index (χ3n) is 3.77. The van der Waals surface area contributed by atoms with Crippen LogP contribution in [0.2, 0.25) is 0 Å². The van der Waals surface area contributed by atoms with E-state index in [2.05, 4.69) is 24.9 Å². The molecule has 1 fully saturated rings. The van der Waals surface area contributed by atoms with Crippen LogP contribution in [-0.4, -0.2) is 50.8 Å². The van der Waals surface area contributed by atoms with Crippen molar-refractivity contribution in [3.8, 4) is 0 Å². The predicted octanol–water partition coefficient (Wildman–Crippen LogP) is 0.927. The third kappa shape index (κ3) is 3.53. The van der Waals surface area contributed by atoms with Crippen molar-refractivity contribution in [2.75, 3.05) is 19.7 Å². The number of carbonyl (C=O) groups excluding carboxylic acids is 1. The molecule has 1 amide bonds. The van der Waals surface area contributed by atoms with E-state index in [1.165, 1.54) is 0 Å². The van der Waals surface area contributed by atoms with Crippen molar-refractivity contribution in [3.63, 3.8) is 0 Å². The number of hydrogen-bond donors (Lipinski definition) is 0. The molecular weight excluding hydrogens is 298 g/mol. The van der Waals surface area contributed by atoms with E-state index in [1.54, 1.807) is 11.8 Å². The molecule has 23 heavy (non-hydrogen) atoms. The molecule has 2 aromatic heterocycles. The molecule has 0 saturated carbocycles. The number of amides is 1. The molecule has 0 N–H and O–H groups in total. The third-order valence-corrected chi connectivity index (χ3v) is 3.77. The summed E-state index contributed by atoms with van der Waals surface area (Å²) in [6, 6.07) is 1.91. The molecule has 0 spiro atoms. The van der Waals surface area contributed by atoms with Gasteiger partial charge in [-0.15, -0.1) is 0 Å². The van der Waals surface area contributed by atoms with Crippen LogP contribution >= 0.6 is 0 Å². The summed E-state index contributed by atoms with van der Waals surface area (Å²) in [5.41, 5.74) is 2.99. The Hall–Kier alpha value is -2.35. The van der Waals surface area contributed by atoms with Crippen molar-refractivity contribution in [2.45, 2.75) is 33.3 Å². The molecule has 1 atom stereocenters. The lowest BCUT2D eigenvalue weighted by Gasteiger charge is -2.32. The van der Waals surface area contributed by atoms with Gasteiger partial charge in [0.15, 0.2) is 5.82 Å². The monoisotopic (exact) mass is 317 g/mol. The van der Waals surface area contributed by atoms with Gasteiger partial charge in [0.1, 0.15) is 17.5 Å². The number of rotatable bonds is 3. The molecule has 0 aromatic carbocycles. The number of carbonyl (C=O) groups is 1. The topological polar surface area (TPSA) is 94.2 Å². The van der Waals surface area contributed by atoms with Crippen molar-refractivity contribution < 1.29 is 14.2 Å². The first-order valence-electron chi connectivity index (χ1n) is 7.52. The van der Waals surface area contributed by atoms with Crippen LogP contribution in [0.25, 0.3) is 0 Å². The summed E-state index contributed by atoms with van der Waals surface area (Å²) in [7, 11) is 0. The fourth-order valence-corrected chi connectivity index (χ4v) is 2.59. The van der Waals surface area contributed by atoms with Crippen LogP contribution < -0.4 is 0 Å². The quantitative estimate of drug-likeness (QED) is 0.831. The standard InChI is InChI=1S/C15H19N5O3/c1-9-6-10(2)17-15(16-9)13-8-20(4-5-22-13)14(21)7-12-11(3)18-23-19-12/h6,13H,4-5,7-8H2,1-3H3/t13-/m0/s1. The van der Waals surface area contributed by atoms with Gasteiger partial charge >= 0.3 is 0 Å². The summed E-state index contributed by atoms with van der Waals surface area (Å²) in [6.07, 6.45) is -0.127. The summed E-state index contributed by atoms with van der Waals surface area (Å²) in [6.45, 7) is 7.05. The van der Waals surface area contributed by atoms with Crippen LogP contribution in [0, 0.1) is 20.8 Å². The van der Waals surface area contributed by atoms with Gasteiger partial charge in [0.2, 0.25) is 5.91 Å². The number of aromatic nitrogens is 4. The lowest BCUT2D eigenvalue weighted by molar-refractivity contribution is -0.138. The maximum absolute atomic E-state index is 12.4. The number of ether oxygens (including phenoxy) is 1. The minimum Gasteiger partial charge on any atom is -0.367 e. The zero-order valence-corrected chi connectivity index (χ0v) is 13.4. The molecule has 1 aliphatic rings. The second kappa shape index (κ2) is 6.41. The Morgan fingerprint density at radius 2 is 2.00 bits per heavy atom. The van der Waals surface area contributed by atoms with Crippen LogP contribution in [-0.2, 0) is 16.0 Å².